The molecule has 3 aromatic rings. The van der Waals surface area contributed by atoms with Crippen LogP contribution in [0.1, 0.15) is 15.9 Å². The van der Waals surface area contributed by atoms with Crippen LogP contribution in [0, 0.1) is 0 Å². The van der Waals surface area contributed by atoms with Gasteiger partial charge >= 0.3 is 0 Å². The summed E-state index contributed by atoms with van der Waals surface area (Å²) in [6.45, 7) is 0.406. The summed E-state index contributed by atoms with van der Waals surface area (Å²) < 4.78 is 26.6. The third-order valence-electron chi connectivity index (χ3n) is 4.40. The van der Waals surface area contributed by atoms with Gasteiger partial charge in [0.2, 0.25) is 10.0 Å². The number of aromatic nitrogens is 3. The second-order valence-corrected chi connectivity index (χ2v) is 8.18. The van der Waals surface area contributed by atoms with E-state index in [4.69, 9.17) is 0 Å². The molecule has 0 unspecified atom stereocenters. The maximum absolute atomic E-state index is 12.5. The van der Waals surface area contributed by atoms with Gasteiger partial charge in [0.05, 0.1) is 17.6 Å². The van der Waals surface area contributed by atoms with E-state index in [-0.39, 0.29) is 5.91 Å². The predicted octanol–water partition coefficient (Wildman–Crippen LogP) is 1.84. The lowest BCUT2D eigenvalue weighted by Gasteiger charge is -2.16. The van der Waals surface area contributed by atoms with Crippen LogP contribution in [0.2, 0.25) is 0 Å². The van der Waals surface area contributed by atoms with Crippen LogP contribution < -0.4 is 9.62 Å². The van der Waals surface area contributed by atoms with E-state index in [0.717, 1.165) is 11.3 Å². The topological polar surface area (TPSA) is 97.2 Å². The fourth-order valence-corrected chi connectivity index (χ4v) is 4.06. The third kappa shape index (κ3) is 3.41. The third-order valence-corrected chi connectivity index (χ3v) is 5.58. The van der Waals surface area contributed by atoms with Gasteiger partial charge in [-0.25, -0.2) is 18.1 Å². The van der Waals surface area contributed by atoms with E-state index >= 15 is 0 Å². The van der Waals surface area contributed by atoms with Crippen molar-refractivity contribution >= 4 is 27.3 Å². The minimum absolute atomic E-state index is 0.246. The standard InChI is InChI=1S/C18H17N5O3S/c1-27(25,26)23-9-8-13-10-14(2-7-17(13)23)18(24)21-15-3-5-16(6-4-15)22-12-19-11-20-22/h2-7,10-12H,8-9H2,1H3,(H,21,24). The van der Waals surface area contributed by atoms with Gasteiger partial charge in [0.25, 0.3) is 5.91 Å². The lowest BCUT2D eigenvalue weighted by Crippen LogP contribution is -2.27. The summed E-state index contributed by atoms with van der Waals surface area (Å²) in [5.41, 5.74) is 3.48. The molecule has 1 aliphatic heterocycles. The van der Waals surface area contributed by atoms with E-state index in [1.807, 2.05) is 12.1 Å². The number of rotatable bonds is 4. The van der Waals surface area contributed by atoms with Crippen LogP contribution in [0.4, 0.5) is 11.4 Å². The molecule has 0 bridgehead atoms. The van der Waals surface area contributed by atoms with Crippen LogP contribution in [0.3, 0.4) is 0 Å². The Balaban J connectivity index is 1.51. The smallest absolute Gasteiger partial charge is 0.255 e. The van der Waals surface area contributed by atoms with Crippen molar-refractivity contribution in [3.05, 3.63) is 66.2 Å². The normalized spacial score (nSPS) is 13.4. The Bertz CT molecular complexity index is 1090. The Morgan fingerprint density at radius 3 is 2.59 bits per heavy atom. The molecule has 1 amide bonds. The summed E-state index contributed by atoms with van der Waals surface area (Å²) in [7, 11) is -3.30. The molecule has 2 heterocycles. The summed E-state index contributed by atoms with van der Waals surface area (Å²) in [5.74, 6) is -0.246. The zero-order valence-electron chi connectivity index (χ0n) is 14.5. The number of carbonyl (C=O) groups is 1. The zero-order chi connectivity index (χ0) is 19.0. The number of nitrogens with zero attached hydrogens (tertiary/aromatic N) is 4. The number of carbonyl (C=O) groups excluding carboxylic acids is 1. The highest BCUT2D eigenvalue weighted by atomic mass is 32.2. The molecule has 27 heavy (non-hydrogen) atoms. The zero-order valence-corrected chi connectivity index (χ0v) is 15.3. The Hall–Kier alpha value is -3.20. The van der Waals surface area contributed by atoms with Gasteiger partial charge < -0.3 is 5.32 Å². The fraction of sp³-hybridized carbons (Fsp3) is 0.167. The second-order valence-electron chi connectivity index (χ2n) is 6.27. The van der Waals surface area contributed by atoms with E-state index in [0.29, 0.717) is 29.9 Å². The summed E-state index contributed by atoms with van der Waals surface area (Å²) in [4.78, 5) is 16.4. The van der Waals surface area contributed by atoms with Crippen LogP contribution in [0.5, 0.6) is 0 Å². The largest absolute Gasteiger partial charge is 0.322 e. The quantitative estimate of drug-likeness (QED) is 0.741. The highest BCUT2D eigenvalue weighted by molar-refractivity contribution is 7.92. The molecule has 0 radical (unpaired) electrons. The molecule has 1 N–H and O–H groups in total. The molecule has 2 aromatic carbocycles. The van der Waals surface area contributed by atoms with E-state index < -0.39 is 10.0 Å². The Kier molecular flexibility index (Phi) is 4.15. The van der Waals surface area contributed by atoms with Gasteiger partial charge in [-0.3, -0.25) is 9.10 Å². The first-order valence-electron chi connectivity index (χ1n) is 8.29. The van der Waals surface area contributed by atoms with E-state index in [1.165, 1.54) is 16.9 Å². The lowest BCUT2D eigenvalue weighted by molar-refractivity contribution is 0.102. The van der Waals surface area contributed by atoms with Gasteiger partial charge in [-0.2, -0.15) is 5.10 Å². The average molecular weight is 383 g/mol. The summed E-state index contributed by atoms with van der Waals surface area (Å²) in [5, 5.41) is 6.90. The van der Waals surface area contributed by atoms with Crippen molar-refractivity contribution in [2.24, 2.45) is 0 Å². The van der Waals surface area contributed by atoms with Gasteiger partial charge in [0.15, 0.2) is 0 Å². The summed E-state index contributed by atoms with van der Waals surface area (Å²) in [6.07, 6.45) is 4.83. The van der Waals surface area contributed by atoms with Crippen molar-refractivity contribution in [1.29, 1.82) is 0 Å². The van der Waals surface area contributed by atoms with Crippen molar-refractivity contribution in [3.63, 3.8) is 0 Å². The lowest BCUT2D eigenvalue weighted by atomic mass is 10.1. The number of sulfonamides is 1. The molecular formula is C18H17N5O3S. The molecule has 0 saturated carbocycles. The molecule has 138 valence electrons. The molecule has 0 atom stereocenters. The predicted molar refractivity (Wildman–Crippen MR) is 102 cm³/mol. The molecule has 0 spiro atoms. The number of amides is 1. The monoisotopic (exact) mass is 383 g/mol. The molecule has 0 saturated heterocycles. The summed E-state index contributed by atoms with van der Waals surface area (Å²) in [6, 6.07) is 12.3. The number of benzene rings is 2. The molecule has 9 heteroatoms. The molecule has 0 aliphatic carbocycles. The van der Waals surface area contributed by atoms with Crippen molar-refractivity contribution in [3.8, 4) is 5.69 Å². The first-order chi connectivity index (χ1) is 12.9. The number of nitrogens with one attached hydrogen (secondary N) is 1. The van der Waals surface area contributed by atoms with Gasteiger partial charge in [-0.05, 0) is 54.4 Å². The Labute approximate surface area is 156 Å². The second kappa shape index (κ2) is 6.51. The highest BCUT2D eigenvalue weighted by Crippen LogP contribution is 2.30. The van der Waals surface area contributed by atoms with Crippen molar-refractivity contribution < 1.29 is 13.2 Å². The number of anilines is 2. The van der Waals surface area contributed by atoms with Crippen LogP contribution in [0.15, 0.2) is 55.1 Å². The van der Waals surface area contributed by atoms with Crippen LogP contribution in [0.25, 0.3) is 5.69 Å². The Morgan fingerprint density at radius 1 is 1.15 bits per heavy atom. The molecule has 1 aliphatic rings. The van der Waals surface area contributed by atoms with Gasteiger partial charge in [0, 0.05) is 17.8 Å². The average Bonchev–Trinajstić information content (AvgIpc) is 3.31. The SMILES string of the molecule is CS(=O)(=O)N1CCc2cc(C(=O)Nc3ccc(-n4cncn4)cc3)ccc21. The van der Waals surface area contributed by atoms with E-state index in [1.54, 1.807) is 41.3 Å². The number of fused-ring (bicyclic) bond motifs is 1. The van der Waals surface area contributed by atoms with Gasteiger partial charge in [-0.15, -0.1) is 0 Å². The maximum atomic E-state index is 12.5. The van der Waals surface area contributed by atoms with Crippen LogP contribution in [-0.2, 0) is 16.4 Å². The van der Waals surface area contributed by atoms with E-state index in [2.05, 4.69) is 15.4 Å². The molecule has 0 fully saturated rings. The van der Waals surface area contributed by atoms with Crippen molar-refractivity contribution in [2.45, 2.75) is 6.42 Å². The summed E-state index contributed by atoms with van der Waals surface area (Å²) >= 11 is 0. The van der Waals surface area contributed by atoms with Gasteiger partial charge in [-0.1, -0.05) is 0 Å². The fourth-order valence-electron chi connectivity index (χ4n) is 3.10. The minimum atomic E-state index is -3.30. The first-order valence-corrected chi connectivity index (χ1v) is 10.1. The van der Waals surface area contributed by atoms with Crippen LogP contribution in [-0.4, -0.2) is 41.9 Å². The molecular weight excluding hydrogens is 366 g/mol. The minimum Gasteiger partial charge on any atom is -0.322 e. The van der Waals surface area contributed by atoms with Crippen molar-refractivity contribution in [2.75, 3.05) is 22.4 Å². The van der Waals surface area contributed by atoms with Gasteiger partial charge in [0.1, 0.15) is 12.7 Å². The number of hydrogen-bond donors (Lipinski definition) is 1. The highest BCUT2D eigenvalue weighted by Gasteiger charge is 2.26. The van der Waals surface area contributed by atoms with Crippen molar-refractivity contribution in [1.82, 2.24) is 14.8 Å². The molecule has 4 rings (SSSR count). The molecule has 8 nitrogen and oxygen atoms in total. The van der Waals surface area contributed by atoms with E-state index in [9.17, 15) is 13.2 Å². The maximum Gasteiger partial charge on any atom is 0.255 e. The number of hydrogen-bond acceptors (Lipinski definition) is 5. The first kappa shape index (κ1) is 17.2. The van der Waals surface area contributed by atoms with Crippen LogP contribution >= 0.6 is 0 Å². The Morgan fingerprint density at radius 2 is 1.93 bits per heavy atom. The molecule has 1 aromatic heterocycles.